The molecule has 0 saturated heterocycles. The van der Waals surface area contributed by atoms with Gasteiger partial charge in [0.2, 0.25) is 0 Å². The predicted molar refractivity (Wildman–Crippen MR) is 86.6 cm³/mol. The lowest BCUT2D eigenvalue weighted by atomic mass is 10.1. The van der Waals surface area contributed by atoms with Gasteiger partial charge in [-0.25, -0.2) is 4.21 Å². The molecule has 0 radical (unpaired) electrons. The fourth-order valence-electron chi connectivity index (χ4n) is 2.38. The second kappa shape index (κ2) is 6.65. The Bertz CT molecular complexity index is 871. The first-order valence-corrected chi connectivity index (χ1v) is 8.29. The van der Waals surface area contributed by atoms with E-state index in [-0.39, 0.29) is 5.75 Å². The van der Waals surface area contributed by atoms with Crippen LogP contribution in [0.3, 0.4) is 0 Å². The molecule has 0 N–H and O–H groups in total. The molecule has 1 atom stereocenters. The molecule has 0 fully saturated rings. The summed E-state index contributed by atoms with van der Waals surface area (Å²) in [4.78, 5) is 1.01. The Labute approximate surface area is 139 Å². The van der Waals surface area contributed by atoms with Crippen LogP contribution >= 0.6 is 0 Å². The van der Waals surface area contributed by atoms with Crippen molar-refractivity contribution in [3.8, 4) is 5.75 Å². The van der Waals surface area contributed by atoms with Gasteiger partial charge < -0.3 is 4.74 Å². The predicted octanol–water partition coefficient (Wildman–Crippen LogP) is 4.95. The first-order chi connectivity index (χ1) is 11.5. The van der Waals surface area contributed by atoms with Crippen LogP contribution in [-0.4, -0.2) is 17.0 Å². The summed E-state index contributed by atoms with van der Waals surface area (Å²) in [5.41, 5.74) is 0. The van der Waals surface area contributed by atoms with Gasteiger partial charge in [-0.2, -0.15) is 13.2 Å². The van der Waals surface area contributed by atoms with Crippen LogP contribution < -0.4 is 4.74 Å². The van der Waals surface area contributed by atoms with E-state index in [0.29, 0.717) is 20.6 Å². The zero-order valence-electron chi connectivity index (χ0n) is 12.4. The standard InChI is InChI=1S/C18H13F3O2S/c19-18(20,21)12-23-15-10-4-6-13-7-5-11-16(17(13)15)24(22)14-8-2-1-3-9-14/h1-11H,12H2. The summed E-state index contributed by atoms with van der Waals surface area (Å²) in [6, 6.07) is 18.7. The van der Waals surface area contributed by atoms with Crippen molar-refractivity contribution in [2.45, 2.75) is 16.0 Å². The van der Waals surface area contributed by atoms with Gasteiger partial charge in [0.15, 0.2) is 6.61 Å². The lowest BCUT2D eigenvalue weighted by Gasteiger charge is -2.14. The van der Waals surface area contributed by atoms with Crippen molar-refractivity contribution >= 4 is 21.6 Å². The number of alkyl halides is 3. The van der Waals surface area contributed by atoms with E-state index in [9.17, 15) is 17.4 Å². The Morgan fingerprint density at radius 1 is 0.875 bits per heavy atom. The quantitative estimate of drug-likeness (QED) is 0.666. The molecule has 0 spiro atoms. The number of hydrogen-bond acceptors (Lipinski definition) is 2. The molecular weight excluding hydrogens is 337 g/mol. The molecule has 0 bridgehead atoms. The Kier molecular flexibility index (Phi) is 4.57. The molecule has 6 heteroatoms. The first kappa shape index (κ1) is 16.5. The number of ether oxygens (including phenoxy) is 1. The molecule has 0 saturated carbocycles. The maximum atomic E-state index is 12.8. The van der Waals surface area contributed by atoms with Crippen molar-refractivity contribution < 1.29 is 22.1 Å². The SMILES string of the molecule is O=S(c1ccccc1)c1cccc2cccc(OCC(F)(F)F)c12. The topological polar surface area (TPSA) is 26.3 Å². The molecule has 24 heavy (non-hydrogen) atoms. The Balaban J connectivity index is 2.10. The van der Waals surface area contributed by atoms with E-state index >= 15 is 0 Å². The lowest BCUT2D eigenvalue weighted by molar-refractivity contribution is -0.153. The van der Waals surface area contributed by atoms with Crippen molar-refractivity contribution in [3.05, 3.63) is 66.7 Å². The average Bonchev–Trinajstić information content (AvgIpc) is 2.59. The Morgan fingerprint density at radius 3 is 2.21 bits per heavy atom. The van der Waals surface area contributed by atoms with Crippen molar-refractivity contribution in [2.24, 2.45) is 0 Å². The summed E-state index contributed by atoms with van der Waals surface area (Å²) in [5.74, 6) is 0.0738. The maximum absolute atomic E-state index is 12.8. The van der Waals surface area contributed by atoms with E-state index in [1.54, 1.807) is 54.6 Å². The molecule has 0 amide bonds. The van der Waals surface area contributed by atoms with Gasteiger partial charge in [0.1, 0.15) is 5.75 Å². The third-order valence-corrected chi connectivity index (χ3v) is 4.82. The van der Waals surface area contributed by atoms with E-state index in [1.165, 1.54) is 6.07 Å². The molecule has 3 rings (SSSR count). The summed E-state index contributed by atoms with van der Waals surface area (Å²) >= 11 is 0. The summed E-state index contributed by atoms with van der Waals surface area (Å²) in [6.45, 7) is -1.39. The van der Waals surface area contributed by atoms with Crippen LogP contribution in [0.2, 0.25) is 0 Å². The average molecular weight is 350 g/mol. The third kappa shape index (κ3) is 3.59. The van der Waals surface area contributed by atoms with E-state index in [0.717, 1.165) is 0 Å². The molecule has 0 aliphatic heterocycles. The number of fused-ring (bicyclic) bond motifs is 1. The normalized spacial score (nSPS) is 13.0. The van der Waals surface area contributed by atoms with Gasteiger partial charge in [-0.15, -0.1) is 0 Å². The minimum Gasteiger partial charge on any atom is -0.483 e. The van der Waals surface area contributed by atoms with Gasteiger partial charge in [0.25, 0.3) is 0 Å². The molecule has 3 aromatic rings. The third-order valence-electron chi connectivity index (χ3n) is 3.38. The molecular formula is C18H13F3O2S. The summed E-state index contributed by atoms with van der Waals surface area (Å²) in [6.07, 6.45) is -4.43. The van der Waals surface area contributed by atoms with Crippen molar-refractivity contribution in [2.75, 3.05) is 6.61 Å². The Morgan fingerprint density at radius 2 is 1.54 bits per heavy atom. The highest BCUT2D eigenvalue weighted by Crippen LogP contribution is 2.33. The van der Waals surface area contributed by atoms with E-state index in [1.807, 2.05) is 6.07 Å². The fraction of sp³-hybridized carbons (Fsp3) is 0.111. The number of rotatable bonds is 4. The second-order valence-corrected chi connectivity index (χ2v) is 6.54. The van der Waals surface area contributed by atoms with Crippen molar-refractivity contribution in [1.82, 2.24) is 0 Å². The molecule has 2 nitrogen and oxygen atoms in total. The van der Waals surface area contributed by atoms with Gasteiger partial charge in [0, 0.05) is 10.3 Å². The molecule has 0 aromatic heterocycles. The molecule has 0 heterocycles. The van der Waals surface area contributed by atoms with Crippen LogP contribution in [0.25, 0.3) is 10.8 Å². The van der Waals surface area contributed by atoms with E-state index in [4.69, 9.17) is 4.74 Å². The van der Waals surface area contributed by atoms with Crippen LogP contribution in [0, 0.1) is 0 Å². The van der Waals surface area contributed by atoms with Gasteiger partial charge >= 0.3 is 6.18 Å². The zero-order valence-corrected chi connectivity index (χ0v) is 13.2. The fourth-order valence-corrected chi connectivity index (χ4v) is 3.64. The van der Waals surface area contributed by atoms with Crippen LogP contribution in [0.4, 0.5) is 13.2 Å². The van der Waals surface area contributed by atoms with E-state index in [2.05, 4.69) is 0 Å². The zero-order chi connectivity index (χ0) is 17.2. The summed E-state index contributed by atoms with van der Waals surface area (Å²) < 4.78 is 55.2. The summed E-state index contributed by atoms with van der Waals surface area (Å²) in [5, 5.41) is 1.11. The maximum Gasteiger partial charge on any atom is 0.422 e. The van der Waals surface area contributed by atoms with Crippen molar-refractivity contribution in [1.29, 1.82) is 0 Å². The molecule has 0 aliphatic carbocycles. The minimum atomic E-state index is -4.43. The lowest BCUT2D eigenvalue weighted by Crippen LogP contribution is -2.19. The first-order valence-electron chi connectivity index (χ1n) is 7.14. The molecule has 124 valence electrons. The highest BCUT2D eigenvalue weighted by atomic mass is 32.2. The van der Waals surface area contributed by atoms with Crippen LogP contribution in [0.1, 0.15) is 0 Å². The number of benzene rings is 3. The van der Waals surface area contributed by atoms with Crippen molar-refractivity contribution in [3.63, 3.8) is 0 Å². The van der Waals surface area contributed by atoms with Crippen LogP contribution in [0.15, 0.2) is 76.5 Å². The van der Waals surface area contributed by atoms with Gasteiger partial charge in [-0.05, 0) is 29.7 Å². The highest BCUT2D eigenvalue weighted by Gasteiger charge is 2.29. The monoisotopic (exact) mass is 350 g/mol. The van der Waals surface area contributed by atoms with Crippen LogP contribution in [0.5, 0.6) is 5.75 Å². The Hall–Kier alpha value is -2.34. The molecule has 3 aromatic carbocycles. The molecule has 1 unspecified atom stereocenters. The largest absolute Gasteiger partial charge is 0.483 e. The summed E-state index contributed by atoms with van der Waals surface area (Å²) in [7, 11) is -1.52. The highest BCUT2D eigenvalue weighted by molar-refractivity contribution is 7.85. The van der Waals surface area contributed by atoms with Gasteiger partial charge in [-0.3, -0.25) is 0 Å². The van der Waals surface area contributed by atoms with Gasteiger partial charge in [-0.1, -0.05) is 42.5 Å². The van der Waals surface area contributed by atoms with Crippen LogP contribution in [-0.2, 0) is 10.8 Å². The van der Waals surface area contributed by atoms with E-state index < -0.39 is 23.6 Å². The number of hydrogen-bond donors (Lipinski definition) is 0. The second-order valence-electron chi connectivity index (χ2n) is 5.10. The smallest absolute Gasteiger partial charge is 0.422 e. The minimum absolute atomic E-state index is 0.0738. The molecule has 0 aliphatic rings. The van der Waals surface area contributed by atoms with Gasteiger partial charge in [0.05, 0.1) is 15.7 Å². The number of halogens is 3.